The van der Waals surface area contributed by atoms with Gasteiger partial charge in [-0.15, -0.1) is 11.3 Å². The molecule has 1 aliphatic heterocycles. The van der Waals surface area contributed by atoms with E-state index in [9.17, 15) is 14.4 Å². The van der Waals surface area contributed by atoms with E-state index in [1.54, 1.807) is 11.3 Å². The van der Waals surface area contributed by atoms with Gasteiger partial charge < -0.3 is 15.5 Å². The van der Waals surface area contributed by atoms with Crippen molar-refractivity contribution in [1.82, 2.24) is 20.4 Å². The molecule has 0 radical (unpaired) electrons. The lowest BCUT2D eigenvalue weighted by Gasteiger charge is -2.34. The third-order valence-corrected chi connectivity index (χ3v) is 7.04. The SMILES string of the molecule is CCC1CCC2(CC1)NC(=O)N(CC(=O)NCC(c1cccs1)N(C)C)C2=O. The highest BCUT2D eigenvalue weighted by molar-refractivity contribution is 7.10. The van der Waals surface area contributed by atoms with Crippen molar-refractivity contribution in [2.45, 2.75) is 50.6 Å². The van der Waals surface area contributed by atoms with Gasteiger partial charge in [-0.05, 0) is 57.1 Å². The number of hydrogen-bond acceptors (Lipinski definition) is 5. The molecule has 1 aromatic rings. The number of urea groups is 1. The molecule has 1 aliphatic carbocycles. The monoisotopic (exact) mass is 406 g/mol. The highest BCUT2D eigenvalue weighted by Gasteiger charge is 2.52. The zero-order valence-corrected chi connectivity index (χ0v) is 17.7. The minimum absolute atomic E-state index is 0.0581. The standard InChI is InChI=1S/C20H30N4O3S/c1-4-14-7-9-20(10-8-14)18(26)24(19(27)22-20)13-17(25)21-12-15(23(2)3)16-6-5-11-28-16/h5-6,11,14-15H,4,7-10,12-13H2,1-3H3,(H,21,25)(H,22,27). The number of carbonyl (C=O) groups is 3. The Morgan fingerprint density at radius 2 is 2.11 bits per heavy atom. The van der Waals surface area contributed by atoms with Crippen LogP contribution in [0.2, 0.25) is 0 Å². The predicted molar refractivity (Wildman–Crippen MR) is 109 cm³/mol. The predicted octanol–water partition coefficient (Wildman–Crippen LogP) is 2.36. The summed E-state index contributed by atoms with van der Waals surface area (Å²) in [7, 11) is 3.93. The largest absolute Gasteiger partial charge is 0.353 e. The van der Waals surface area contributed by atoms with Crippen LogP contribution in [0.3, 0.4) is 0 Å². The van der Waals surface area contributed by atoms with Crippen molar-refractivity contribution in [2.75, 3.05) is 27.2 Å². The van der Waals surface area contributed by atoms with Gasteiger partial charge in [0.05, 0.1) is 6.04 Å². The molecule has 8 heteroatoms. The number of likely N-dealkylation sites (N-methyl/N-ethyl adjacent to an activating group) is 1. The van der Waals surface area contributed by atoms with Gasteiger partial charge in [0.15, 0.2) is 0 Å². The first-order valence-corrected chi connectivity index (χ1v) is 10.8. The Morgan fingerprint density at radius 1 is 1.39 bits per heavy atom. The minimum atomic E-state index is -0.799. The first kappa shape index (κ1) is 20.8. The Morgan fingerprint density at radius 3 is 2.68 bits per heavy atom. The molecule has 0 aromatic carbocycles. The topological polar surface area (TPSA) is 81.8 Å². The Hall–Kier alpha value is -1.93. The van der Waals surface area contributed by atoms with Gasteiger partial charge >= 0.3 is 6.03 Å². The maximum absolute atomic E-state index is 12.9. The zero-order chi connectivity index (χ0) is 20.3. The number of carbonyl (C=O) groups excluding carboxylic acids is 3. The van der Waals surface area contributed by atoms with Gasteiger partial charge in [-0.3, -0.25) is 14.5 Å². The molecule has 1 atom stereocenters. The van der Waals surface area contributed by atoms with Crippen molar-refractivity contribution >= 4 is 29.2 Å². The lowest BCUT2D eigenvalue weighted by atomic mass is 9.75. The van der Waals surface area contributed by atoms with Gasteiger partial charge in [-0.1, -0.05) is 19.4 Å². The highest BCUT2D eigenvalue weighted by Crippen LogP contribution is 2.37. The molecule has 154 valence electrons. The summed E-state index contributed by atoms with van der Waals surface area (Å²) in [6.07, 6.45) is 4.30. The van der Waals surface area contributed by atoms with Crippen LogP contribution in [-0.2, 0) is 9.59 Å². The highest BCUT2D eigenvalue weighted by atomic mass is 32.1. The molecule has 2 N–H and O–H groups in total. The number of thiophene rings is 1. The summed E-state index contributed by atoms with van der Waals surface area (Å²) in [6.45, 7) is 2.36. The average molecular weight is 407 g/mol. The van der Waals surface area contributed by atoms with Crippen LogP contribution < -0.4 is 10.6 Å². The Bertz CT molecular complexity index is 711. The summed E-state index contributed by atoms with van der Waals surface area (Å²) in [4.78, 5) is 42.0. The van der Waals surface area contributed by atoms with Crippen molar-refractivity contribution in [3.63, 3.8) is 0 Å². The van der Waals surface area contributed by atoms with Crippen LogP contribution in [0.5, 0.6) is 0 Å². The fraction of sp³-hybridized carbons (Fsp3) is 0.650. The van der Waals surface area contributed by atoms with E-state index in [-0.39, 0.29) is 24.4 Å². The lowest BCUT2D eigenvalue weighted by Crippen LogP contribution is -2.50. The van der Waals surface area contributed by atoms with Crippen LogP contribution in [0.4, 0.5) is 4.79 Å². The van der Waals surface area contributed by atoms with Crippen molar-refractivity contribution in [2.24, 2.45) is 5.92 Å². The fourth-order valence-electron chi connectivity index (χ4n) is 4.17. The van der Waals surface area contributed by atoms with E-state index in [4.69, 9.17) is 0 Å². The maximum atomic E-state index is 12.9. The maximum Gasteiger partial charge on any atom is 0.325 e. The first-order chi connectivity index (χ1) is 13.4. The number of imide groups is 1. The summed E-state index contributed by atoms with van der Waals surface area (Å²) in [5.74, 6) is 0.0590. The zero-order valence-electron chi connectivity index (χ0n) is 16.9. The molecular formula is C20H30N4O3S. The van der Waals surface area contributed by atoms with E-state index in [1.165, 1.54) is 0 Å². The van der Waals surface area contributed by atoms with Crippen LogP contribution >= 0.6 is 11.3 Å². The molecule has 1 saturated heterocycles. The second kappa shape index (κ2) is 8.61. The molecule has 7 nitrogen and oxygen atoms in total. The molecule has 2 fully saturated rings. The summed E-state index contributed by atoms with van der Waals surface area (Å²) >= 11 is 1.64. The number of hydrogen-bond donors (Lipinski definition) is 2. The minimum Gasteiger partial charge on any atom is -0.353 e. The second-order valence-electron chi connectivity index (χ2n) is 8.05. The van der Waals surface area contributed by atoms with Gasteiger partial charge in [-0.2, -0.15) is 0 Å². The molecule has 4 amide bonds. The van der Waals surface area contributed by atoms with Crippen molar-refractivity contribution < 1.29 is 14.4 Å². The number of amides is 4. The Balaban J connectivity index is 1.57. The van der Waals surface area contributed by atoms with Gasteiger partial charge in [0.25, 0.3) is 5.91 Å². The quantitative estimate of drug-likeness (QED) is 0.681. The molecular weight excluding hydrogens is 376 g/mol. The van der Waals surface area contributed by atoms with E-state index in [0.717, 1.165) is 29.0 Å². The van der Waals surface area contributed by atoms with E-state index < -0.39 is 11.6 Å². The van der Waals surface area contributed by atoms with Crippen molar-refractivity contribution in [1.29, 1.82) is 0 Å². The van der Waals surface area contributed by atoms with Crippen LogP contribution in [-0.4, -0.2) is 60.4 Å². The molecule has 1 aromatic heterocycles. The van der Waals surface area contributed by atoms with E-state index in [1.807, 2.05) is 36.5 Å². The first-order valence-electron chi connectivity index (χ1n) is 9.97. The fourth-order valence-corrected chi connectivity index (χ4v) is 5.09. The van der Waals surface area contributed by atoms with Crippen molar-refractivity contribution in [3.05, 3.63) is 22.4 Å². The number of rotatable bonds is 7. The molecule has 3 rings (SSSR count). The summed E-state index contributed by atoms with van der Waals surface area (Å²) in [6, 6.07) is 3.63. The van der Waals surface area contributed by atoms with Gasteiger partial charge in [-0.25, -0.2) is 4.79 Å². The smallest absolute Gasteiger partial charge is 0.325 e. The van der Waals surface area contributed by atoms with Gasteiger partial charge in [0.1, 0.15) is 12.1 Å². The Kier molecular flexibility index (Phi) is 6.40. The van der Waals surface area contributed by atoms with Crippen LogP contribution in [0, 0.1) is 5.92 Å². The summed E-state index contributed by atoms with van der Waals surface area (Å²) in [5, 5.41) is 7.76. The summed E-state index contributed by atoms with van der Waals surface area (Å²) < 4.78 is 0. The van der Waals surface area contributed by atoms with Gasteiger partial charge in [0.2, 0.25) is 5.91 Å². The van der Waals surface area contributed by atoms with Crippen LogP contribution in [0.1, 0.15) is 49.9 Å². The molecule has 1 unspecified atom stereocenters. The molecule has 0 bridgehead atoms. The molecule has 2 aliphatic rings. The third kappa shape index (κ3) is 4.22. The average Bonchev–Trinajstić information content (AvgIpc) is 3.26. The molecule has 1 spiro atoms. The number of nitrogens with one attached hydrogen (secondary N) is 2. The second-order valence-corrected chi connectivity index (χ2v) is 9.03. The van der Waals surface area contributed by atoms with Crippen LogP contribution in [0.25, 0.3) is 0 Å². The van der Waals surface area contributed by atoms with E-state index >= 15 is 0 Å². The van der Waals surface area contributed by atoms with E-state index in [0.29, 0.717) is 25.3 Å². The van der Waals surface area contributed by atoms with Crippen LogP contribution in [0.15, 0.2) is 17.5 Å². The van der Waals surface area contributed by atoms with Gasteiger partial charge in [0, 0.05) is 11.4 Å². The third-order valence-electron chi connectivity index (χ3n) is 6.07. The Labute approximate surface area is 170 Å². The number of nitrogens with zero attached hydrogens (tertiary/aromatic N) is 2. The molecule has 28 heavy (non-hydrogen) atoms. The van der Waals surface area contributed by atoms with E-state index in [2.05, 4.69) is 17.6 Å². The molecule has 2 heterocycles. The lowest BCUT2D eigenvalue weighted by molar-refractivity contribution is -0.136. The summed E-state index contributed by atoms with van der Waals surface area (Å²) in [5.41, 5.74) is -0.799. The van der Waals surface area contributed by atoms with Crippen molar-refractivity contribution in [3.8, 4) is 0 Å². The normalized spacial score (nSPS) is 26.0. The molecule has 1 saturated carbocycles.